The van der Waals surface area contributed by atoms with Crippen molar-refractivity contribution in [3.63, 3.8) is 0 Å². The molecule has 1 amide bonds. The number of rotatable bonds is 6. The van der Waals surface area contributed by atoms with E-state index in [9.17, 15) is 4.79 Å². The first-order chi connectivity index (χ1) is 13.1. The number of carbonyl (C=O) groups is 1. The molecule has 0 radical (unpaired) electrons. The average molecular weight is 370 g/mol. The SMILES string of the molecule is CCOc1ccc(NC(=O)c2cnc(N3CCN(CC)CC3)nc2N)cc1. The van der Waals surface area contributed by atoms with Gasteiger partial charge in [0.25, 0.3) is 5.91 Å². The number of nitrogens with one attached hydrogen (secondary N) is 1. The van der Waals surface area contributed by atoms with Gasteiger partial charge >= 0.3 is 0 Å². The number of nitrogens with two attached hydrogens (primary N) is 1. The molecule has 0 aliphatic carbocycles. The van der Waals surface area contributed by atoms with Gasteiger partial charge in [0, 0.05) is 38.1 Å². The van der Waals surface area contributed by atoms with Gasteiger partial charge in [-0.1, -0.05) is 6.92 Å². The summed E-state index contributed by atoms with van der Waals surface area (Å²) in [5.41, 5.74) is 6.95. The maximum absolute atomic E-state index is 12.5. The molecule has 1 saturated heterocycles. The van der Waals surface area contributed by atoms with E-state index in [-0.39, 0.29) is 17.3 Å². The number of hydrogen-bond acceptors (Lipinski definition) is 7. The summed E-state index contributed by atoms with van der Waals surface area (Å²) in [5.74, 6) is 1.17. The molecule has 144 valence electrons. The van der Waals surface area contributed by atoms with Crippen LogP contribution in [-0.2, 0) is 0 Å². The molecule has 0 atom stereocenters. The summed E-state index contributed by atoms with van der Waals surface area (Å²) < 4.78 is 5.39. The maximum atomic E-state index is 12.5. The zero-order chi connectivity index (χ0) is 19.2. The Morgan fingerprint density at radius 2 is 1.89 bits per heavy atom. The first-order valence-corrected chi connectivity index (χ1v) is 9.24. The Balaban J connectivity index is 1.65. The van der Waals surface area contributed by atoms with E-state index >= 15 is 0 Å². The van der Waals surface area contributed by atoms with Crippen LogP contribution in [0, 0.1) is 0 Å². The molecule has 8 nitrogen and oxygen atoms in total. The number of nitrogens with zero attached hydrogens (tertiary/aromatic N) is 4. The van der Waals surface area contributed by atoms with Crippen molar-refractivity contribution in [1.82, 2.24) is 14.9 Å². The quantitative estimate of drug-likeness (QED) is 0.801. The number of ether oxygens (including phenoxy) is 1. The van der Waals surface area contributed by atoms with Crippen LogP contribution < -0.4 is 20.7 Å². The first kappa shape index (κ1) is 18.9. The highest BCUT2D eigenvalue weighted by molar-refractivity contribution is 6.07. The van der Waals surface area contributed by atoms with Gasteiger partial charge < -0.3 is 25.6 Å². The second kappa shape index (κ2) is 8.68. The lowest BCUT2D eigenvalue weighted by molar-refractivity contribution is 0.102. The fourth-order valence-corrected chi connectivity index (χ4v) is 2.98. The molecule has 27 heavy (non-hydrogen) atoms. The highest BCUT2D eigenvalue weighted by Gasteiger charge is 2.20. The molecule has 0 bridgehead atoms. The number of nitrogen functional groups attached to an aromatic ring is 1. The molecule has 1 aromatic carbocycles. The molecule has 1 fully saturated rings. The van der Waals surface area contributed by atoms with Gasteiger partial charge in [-0.15, -0.1) is 0 Å². The third-order valence-electron chi connectivity index (χ3n) is 4.58. The molecule has 2 heterocycles. The lowest BCUT2D eigenvalue weighted by Gasteiger charge is -2.34. The Morgan fingerprint density at radius 1 is 1.19 bits per heavy atom. The standard InChI is InChI=1S/C19H26N6O2/c1-3-24-9-11-25(12-10-24)19-21-13-16(17(20)23-19)18(26)22-14-5-7-15(8-6-14)27-4-2/h5-8,13H,3-4,9-12H2,1-2H3,(H,22,26)(H2,20,21,23). The Labute approximate surface area is 159 Å². The van der Waals surface area contributed by atoms with Gasteiger partial charge in [0.05, 0.1) is 6.61 Å². The Hall–Kier alpha value is -2.87. The molecular formula is C19H26N6O2. The summed E-state index contributed by atoms with van der Waals surface area (Å²) in [6.45, 7) is 9.37. The summed E-state index contributed by atoms with van der Waals surface area (Å²) in [5, 5.41) is 2.81. The minimum atomic E-state index is -0.334. The number of hydrogen-bond donors (Lipinski definition) is 2. The van der Waals surface area contributed by atoms with Gasteiger partial charge in [0.2, 0.25) is 5.95 Å². The van der Waals surface area contributed by atoms with Crippen LogP contribution in [0.1, 0.15) is 24.2 Å². The van der Waals surface area contributed by atoms with Gasteiger partial charge in [-0.3, -0.25) is 4.79 Å². The monoisotopic (exact) mass is 370 g/mol. The molecular weight excluding hydrogens is 344 g/mol. The highest BCUT2D eigenvalue weighted by atomic mass is 16.5. The lowest BCUT2D eigenvalue weighted by atomic mass is 10.2. The van der Waals surface area contributed by atoms with Crippen molar-refractivity contribution in [1.29, 1.82) is 0 Å². The van der Waals surface area contributed by atoms with Crippen LogP contribution in [0.25, 0.3) is 0 Å². The zero-order valence-electron chi connectivity index (χ0n) is 15.8. The van der Waals surface area contributed by atoms with Gasteiger partial charge in [-0.2, -0.15) is 4.98 Å². The highest BCUT2D eigenvalue weighted by Crippen LogP contribution is 2.19. The first-order valence-electron chi connectivity index (χ1n) is 9.24. The second-order valence-corrected chi connectivity index (χ2v) is 6.30. The number of piperazine rings is 1. The van der Waals surface area contributed by atoms with Gasteiger partial charge in [0.15, 0.2) is 0 Å². The predicted molar refractivity (Wildman–Crippen MR) is 106 cm³/mol. The van der Waals surface area contributed by atoms with Crippen LogP contribution in [-0.4, -0.2) is 60.1 Å². The summed E-state index contributed by atoms with van der Waals surface area (Å²) >= 11 is 0. The largest absolute Gasteiger partial charge is 0.494 e. The van der Waals surface area contributed by atoms with Crippen molar-refractivity contribution in [2.75, 3.05) is 55.3 Å². The molecule has 0 spiro atoms. The van der Waals surface area contributed by atoms with Crippen molar-refractivity contribution in [2.24, 2.45) is 0 Å². The average Bonchev–Trinajstić information content (AvgIpc) is 2.69. The van der Waals surface area contributed by atoms with Crippen molar-refractivity contribution >= 4 is 23.4 Å². The normalized spacial score (nSPS) is 14.8. The minimum absolute atomic E-state index is 0.182. The fourth-order valence-electron chi connectivity index (χ4n) is 2.98. The van der Waals surface area contributed by atoms with E-state index in [0.717, 1.165) is 38.5 Å². The molecule has 1 aromatic heterocycles. The number of anilines is 3. The van der Waals surface area contributed by atoms with E-state index in [1.54, 1.807) is 24.3 Å². The van der Waals surface area contributed by atoms with Crippen molar-refractivity contribution in [3.8, 4) is 5.75 Å². The van der Waals surface area contributed by atoms with E-state index < -0.39 is 0 Å². The number of benzene rings is 1. The topological polar surface area (TPSA) is 96.6 Å². The van der Waals surface area contributed by atoms with Gasteiger partial charge in [-0.25, -0.2) is 4.98 Å². The van der Waals surface area contributed by atoms with Crippen LogP contribution in [0.5, 0.6) is 5.75 Å². The minimum Gasteiger partial charge on any atom is -0.494 e. The molecule has 8 heteroatoms. The van der Waals surface area contributed by atoms with Gasteiger partial charge in [-0.05, 0) is 37.7 Å². The van der Waals surface area contributed by atoms with E-state index in [0.29, 0.717) is 18.2 Å². The van der Waals surface area contributed by atoms with E-state index in [4.69, 9.17) is 10.5 Å². The summed E-state index contributed by atoms with van der Waals surface area (Å²) in [6, 6.07) is 7.17. The third-order valence-corrected chi connectivity index (χ3v) is 4.58. The molecule has 3 rings (SSSR count). The fraction of sp³-hybridized carbons (Fsp3) is 0.421. The number of aromatic nitrogens is 2. The Kier molecular flexibility index (Phi) is 6.08. The zero-order valence-corrected chi connectivity index (χ0v) is 15.8. The number of amides is 1. The van der Waals surface area contributed by atoms with Crippen molar-refractivity contribution in [2.45, 2.75) is 13.8 Å². The smallest absolute Gasteiger partial charge is 0.260 e. The van der Waals surface area contributed by atoms with Crippen LogP contribution in [0.2, 0.25) is 0 Å². The predicted octanol–water partition coefficient (Wildman–Crippen LogP) is 1.85. The van der Waals surface area contributed by atoms with Crippen LogP contribution >= 0.6 is 0 Å². The molecule has 3 N–H and O–H groups in total. The molecule has 1 aliphatic rings. The van der Waals surface area contributed by atoms with Crippen LogP contribution in [0.4, 0.5) is 17.5 Å². The van der Waals surface area contributed by atoms with E-state index in [1.165, 1.54) is 6.20 Å². The summed E-state index contributed by atoms with van der Waals surface area (Å²) in [7, 11) is 0. The molecule has 0 saturated carbocycles. The molecule has 0 unspecified atom stereocenters. The van der Waals surface area contributed by atoms with E-state index in [2.05, 4.69) is 32.0 Å². The van der Waals surface area contributed by atoms with Crippen molar-refractivity contribution < 1.29 is 9.53 Å². The Bertz CT molecular complexity index is 772. The summed E-state index contributed by atoms with van der Waals surface area (Å²) in [4.78, 5) is 25.7. The Morgan fingerprint density at radius 3 is 2.48 bits per heavy atom. The molecule has 1 aliphatic heterocycles. The number of likely N-dealkylation sites (N-methyl/N-ethyl adjacent to an activating group) is 1. The van der Waals surface area contributed by atoms with E-state index in [1.807, 2.05) is 6.92 Å². The van der Waals surface area contributed by atoms with Gasteiger partial charge in [0.1, 0.15) is 17.1 Å². The van der Waals surface area contributed by atoms with Crippen molar-refractivity contribution in [3.05, 3.63) is 36.0 Å². The van der Waals surface area contributed by atoms with Crippen LogP contribution in [0.3, 0.4) is 0 Å². The third kappa shape index (κ3) is 4.65. The summed E-state index contributed by atoms with van der Waals surface area (Å²) in [6.07, 6.45) is 1.49. The lowest BCUT2D eigenvalue weighted by Crippen LogP contribution is -2.46. The maximum Gasteiger partial charge on any atom is 0.260 e. The number of carbonyl (C=O) groups excluding carboxylic acids is 1. The second-order valence-electron chi connectivity index (χ2n) is 6.30. The van der Waals surface area contributed by atoms with Crippen LogP contribution in [0.15, 0.2) is 30.5 Å². The molecule has 2 aromatic rings.